The largest absolute Gasteiger partial charge is 0.282 e. The van der Waals surface area contributed by atoms with Crippen molar-refractivity contribution in [3.63, 3.8) is 0 Å². The maximum atomic E-state index is 12.7. The van der Waals surface area contributed by atoms with Crippen LogP contribution in [0.1, 0.15) is 24.3 Å². The van der Waals surface area contributed by atoms with Crippen molar-refractivity contribution >= 4 is 42.8 Å². The molecule has 2 aromatic rings. The van der Waals surface area contributed by atoms with E-state index >= 15 is 0 Å². The molecule has 6 nitrogen and oxygen atoms in total. The van der Waals surface area contributed by atoms with Crippen molar-refractivity contribution in [2.45, 2.75) is 23.0 Å². The van der Waals surface area contributed by atoms with E-state index in [0.29, 0.717) is 10.1 Å². The quantitative estimate of drug-likeness (QED) is 0.815. The smallest absolute Gasteiger partial charge is 0.271 e. The molecular formula is C14H16N2O4S3. The van der Waals surface area contributed by atoms with Gasteiger partial charge in [0.1, 0.15) is 4.21 Å². The van der Waals surface area contributed by atoms with E-state index in [0.717, 1.165) is 24.7 Å². The normalized spacial score (nSPS) is 15.3. The Bertz CT molecular complexity index is 928. The van der Waals surface area contributed by atoms with E-state index in [1.807, 2.05) is 6.07 Å². The van der Waals surface area contributed by atoms with E-state index in [2.05, 4.69) is 9.44 Å². The number of nitrogens with one attached hydrogen (secondary N) is 2. The van der Waals surface area contributed by atoms with Crippen molar-refractivity contribution < 1.29 is 16.8 Å². The third kappa shape index (κ3) is 3.85. The van der Waals surface area contributed by atoms with Gasteiger partial charge in [0, 0.05) is 0 Å². The van der Waals surface area contributed by atoms with Crippen LogP contribution in [0.4, 0.5) is 11.4 Å². The Morgan fingerprint density at radius 3 is 2.17 bits per heavy atom. The van der Waals surface area contributed by atoms with Gasteiger partial charge < -0.3 is 0 Å². The Hall–Kier alpha value is -1.58. The number of benzene rings is 1. The van der Waals surface area contributed by atoms with Crippen molar-refractivity contribution in [2.24, 2.45) is 0 Å². The minimum atomic E-state index is -3.75. The summed E-state index contributed by atoms with van der Waals surface area (Å²) in [5.74, 6) is 0.317. The molecule has 23 heavy (non-hydrogen) atoms. The average molecular weight is 372 g/mol. The van der Waals surface area contributed by atoms with Crippen LogP contribution in [0.3, 0.4) is 0 Å². The van der Waals surface area contributed by atoms with Crippen LogP contribution < -0.4 is 9.44 Å². The summed E-state index contributed by atoms with van der Waals surface area (Å²) in [7, 11) is -7.25. The molecule has 0 atom stereocenters. The van der Waals surface area contributed by atoms with E-state index < -0.39 is 20.0 Å². The van der Waals surface area contributed by atoms with Crippen LogP contribution in [-0.4, -0.2) is 23.1 Å². The highest BCUT2D eigenvalue weighted by Crippen LogP contribution is 2.45. The van der Waals surface area contributed by atoms with Gasteiger partial charge in [-0.05, 0) is 47.9 Å². The minimum absolute atomic E-state index is 0.197. The van der Waals surface area contributed by atoms with Gasteiger partial charge in [-0.2, -0.15) is 0 Å². The Morgan fingerprint density at radius 2 is 1.61 bits per heavy atom. The highest BCUT2D eigenvalue weighted by atomic mass is 32.2. The Morgan fingerprint density at radius 1 is 1.00 bits per heavy atom. The summed E-state index contributed by atoms with van der Waals surface area (Å²) in [6.07, 6.45) is 3.03. The van der Waals surface area contributed by atoms with Crippen LogP contribution in [0.25, 0.3) is 0 Å². The number of hydrogen-bond donors (Lipinski definition) is 2. The standard InChI is InChI=1S/C14H16N2O4S3/c1-22(17,18)15-12-4-2-3-5-13(12)16-23(19,20)14-11(8-9-21-14)10-6-7-10/h2-5,8-10,15-16H,6-7H2,1H3. The Labute approximate surface area is 139 Å². The first-order chi connectivity index (χ1) is 10.8. The SMILES string of the molecule is CS(=O)(=O)Nc1ccccc1NS(=O)(=O)c1sccc1C1CC1. The first-order valence-electron chi connectivity index (χ1n) is 6.93. The molecule has 2 N–H and O–H groups in total. The lowest BCUT2D eigenvalue weighted by molar-refractivity contribution is 0.601. The number of sulfonamides is 2. The average Bonchev–Trinajstić information content (AvgIpc) is 3.16. The maximum Gasteiger partial charge on any atom is 0.271 e. The first-order valence-corrected chi connectivity index (χ1v) is 11.2. The zero-order chi connectivity index (χ0) is 16.7. The maximum absolute atomic E-state index is 12.7. The third-order valence-electron chi connectivity index (χ3n) is 3.39. The van der Waals surface area contributed by atoms with Crippen LogP contribution in [-0.2, 0) is 20.0 Å². The summed E-state index contributed by atoms with van der Waals surface area (Å²) in [5.41, 5.74) is 1.24. The monoisotopic (exact) mass is 372 g/mol. The highest BCUT2D eigenvalue weighted by molar-refractivity contribution is 7.94. The van der Waals surface area contributed by atoms with E-state index in [-0.39, 0.29) is 11.4 Å². The van der Waals surface area contributed by atoms with Crippen LogP contribution in [0, 0.1) is 0 Å². The lowest BCUT2D eigenvalue weighted by Gasteiger charge is -2.13. The molecule has 0 unspecified atom stereocenters. The fourth-order valence-corrected chi connectivity index (χ4v) is 5.46. The number of hydrogen-bond acceptors (Lipinski definition) is 5. The lowest BCUT2D eigenvalue weighted by Crippen LogP contribution is -2.16. The number of para-hydroxylation sites is 2. The van der Waals surface area contributed by atoms with Gasteiger partial charge in [-0.25, -0.2) is 16.8 Å². The Kier molecular flexibility index (Phi) is 4.11. The van der Waals surface area contributed by atoms with Gasteiger partial charge >= 0.3 is 0 Å². The zero-order valence-electron chi connectivity index (χ0n) is 12.3. The van der Waals surface area contributed by atoms with E-state index in [1.54, 1.807) is 17.5 Å². The molecule has 0 amide bonds. The van der Waals surface area contributed by atoms with Gasteiger partial charge in [0.05, 0.1) is 17.6 Å². The molecule has 0 aliphatic heterocycles. The first kappa shape index (κ1) is 16.3. The molecule has 1 aromatic carbocycles. The molecule has 124 valence electrons. The van der Waals surface area contributed by atoms with Crippen molar-refractivity contribution in [1.29, 1.82) is 0 Å². The van der Waals surface area contributed by atoms with Gasteiger partial charge in [0.15, 0.2) is 0 Å². The minimum Gasteiger partial charge on any atom is -0.282 e. The second kappa shape index (κ2) is 5.81. The van der Waals surface area contributed by atoms with E-state index in [1.165, 1.54) is 23.5 Å². The van der Waals surface area contributed by atoms with Crippen LogP contribution in [0.5, 0.6) is 0 Å². The summed E-state index contributed by atoms with van der Waals surface area (Å²) in [4.78, 5) is 0. The molecule has 1 saturated carbocycles. The van der Waals surface area contributed by atoms with E-state index in [4.69, 9.17) is 0 Å². The van der Waals surface area contributed by atoms with Crippen LogP contribution >= 0.6 is 11.3 Å². The van der Waals surface area contributed by atoms with E-state index in [9.17, 15) is 16.8 Å². The molecule has 3 rings (SSSR count). The predicted octanol–water partition coefficient (Wildman–Crippen LogP) is 2.80. The molecule has 1 aliphatic carbocycles. The topological polar surface area (TPSA) is 92.3 Å². The second-order valence-corrected chi connectivity index (χ2v) is 10.0. The molecule has 0 bridgehead atoms. The summed E-state index contributed by atoms with van der Waals surface area (Å²) >= 11 is 1.17. The Balaban J connectivity index is 1.93. The van der Waals surface area contributed by atoms with Crippen LogP contribution in [0.2, 0.25) is 0 Å². The number of thiophene rings is 1. The molecule has 1 fully saturated rings. The van der Waals surface area contributed by atoms with Gasteiger partial charge in [-0.15, -0.1) is 11.3 Å². The summed E-state index contributed by atoms with van der Waals surface area (Å²) in [6, 6.07) is 8.15. The molecule has 1 heterocycles. The third-order valence-corrected chi connectivity index (χ3v) is 6.86. The molecule has 1 aromatic heterocycles. The van der Waals surface area contributed by atoms with Crippen LogP contribution in [0.15, 0.2) is 39.9 Å². The van der Waals surface area contributed by atoms with Gasteiger partial charge in [-0.3, -0.25) is 9.44 Å². The van der Waals surface area contributed by atoms with Crippen molar-refractivity contribution in [3.8, 4) is 0 Å². The molecule has 1 aliphatic rings. The second-order valence-electron chi connectivity index (χ2n) is 5.46. The summed E-state index contributed by atoms with van der Waals surface area (Å²) in [5, 5.41) is 1.77. The van der Waals surface area contributed by atoms with Crippen molar-refractivity contribution in [3.05, 3.63) is 41.3 Å². The predicted molar refractivity (Wildman–Crippen MR) is 92.0 cm³/mol. The molecule has 9 heteroatoms. The zero-order valence-corrected chi connectivity index (χ0v) is 14.8. The highest BCUT2D eigenvalue weighted by Gasteiger charge is 2.31. The van der Waals surface area contributed by atoms with Gasteiger partial charge in [0.2, 0.25) is 10.0 Å². The number of rotatable bonds is 6. The fraction of sp³-hybridized carbons (Fsp3) is 0.286. The molecular weight excluding hydrogens is 356 g/mol. The lowest BCUT2D eigenvalue weighted by atomic mass is 10.2. The summed E-state index contributed by atoms with van der Waals surface area (Å²) < 4.78 is 53.2. The molecule has 0 saturated heterocycles. The molecule has 0 radical (unpaired) electrons. The van der Waals surface area contributed by atoms with Crippen molar-refractivity contribution in [1.82, 2.24) is 0 Å². The van der Waals surface area contributed by atoms with Crippen molar-refractivity contribution in [2.75, 3.05) is 15.7 Å². The fourth-order valence-electron chi connectivity index (χ4n) is 2.27. The summed E-state index contributed by atoms with van der Waals surface area (Å²) in [6.45, 7) is 0. The molecule has 0 spiro atoms. The van der Waals surface area contributed by atoms with Gasteiger partial charge in [-0.1, -0.05) is 12.1 Å². The van der Waals surface area contributed by atoms with Gasteiger partial charge in [0.25, 0.3) is 10.0 Å². The number of anilines is 2.